The van der Waals surface area contributed by atoms with E-state index in [9.17, 15) is 0 Å². The highest BCUT2D eigenvalue weighted by Crippen LogP contribution is 2.14. The van der Waals surface area contributed by atoms with Crippen LogP contribution in [0.5, 0.6) is 0 Å². The summed E-state index contributed by atoms with van der Waals surface area (Å²) in [5, 5.41) is 3.61. The second-order valence-corrected chi connectivity index (χ2v) is 5.62. The fourth-order valence-corrected chi connectivity index (χ4v) is 2.81. The van der Waals surface area contributed by atoms with Crippen LogP contribution in [-0.4, -0.2) is 34.0 Å². The van der Waals surface area contributed by atoms with Crippen LogP contribution >= 0.6 is 0 Å². The molecule has 0 amide bonds. The fourth-order valence-electron chi connectivity index (χ4n) is 2.81. The van der Waals surface area contributed by atoms with Crippen LogP contribution in [0.25, 0.3) is 0 Å². The van der Waals surface area contributed by atoms with Crippen LogP contribution in [0.3, 0.4) is 0 Å². The van der Waals surface area contributed by atoms with Crippen LogP contribution < -0.4 is 5.32 Å². The zero-order valence-electron chi connectivity index (χ0n) is 12.3. The lowest BCUT2D eigenvalue weighted by molar-refractivity contribution is 0.190. The standard InChI is InChI=1S/C17H22N4/c1-2-4-15(5-3-1)13-21-10-7-16(8-11-21)19-12-17-6-9-18-14-20-17/h1-6,9,14,16,19H,7-8,10-13H2. The second-order valence-electron chi connectivity index (χ2n) is 5.62. The van der Waals surface area contributed by atoms with Crippen molar-refractivity contribution in [1.29, 1.82) is 0 Å². The average Bonchev–Trinajstić information content (AvgIpc) is 2.56. The van der Waals surface area contributed by atoms with Gasteiger partial charge in [-0.15, -0.1) is 0 Å². The van der Waals surface area contributed by atoms with Gasteiger partial charge in [-0.05, 0) is 37.6 Å². The zero-order chi connectivity index (χ0) is 14.3. The number of nitrogens with one attached hydrogen (secondary N) is 1. The van der Waals surface area contributed by atoms with Crippen LogP contribution in [0.15, 0.2) is 48.9 Å². The Bertz CT molecular complexity index is 521. The van der Waals surface area contributed by atoms with Crippen molar-refractivity contribution in [3.8, 4) is 0 Å². The molecule has 2 heterocycles. The first-order chi connectivity index (χ1) is 10.4. The predicted molar refractivity (Wildman–Crippen MR) is 83.6 cm³/mol. The summed E-state index contributed by atoms with van der Waals surface area (Å²) in [5.74, 6) is 0. The topological polar surface area (TPSA) is 41.0 Å². The Morgan fingerprint density at radius 3 is 2.62 bits per heavy atom. The molecule has 110 valence electrons. The maximum Gasteiger partial charge on any atom is 0.115 e. The summed E-state index contributed by atoms with van der Waals surface area (Å²) in [7, 11) is 0. The quantitative estimate of drug-likeness (QED) is 0.913. The summed E-state index contributed by atoms with van der Waals surface area (Å²) in [6.07, 6.45) is 5.82. The van der Waals surface area contributed by atoms with E-state index in [0.717, 1.165) is 31.9 Å². The summed E-state index contributed by atoms with van der Waals surface area (Å²) >= 11 is 0. The van der Waals surface area contributed by atoms with Crippen molar-refractivity contribution in [3.63, 3.8) is 0 Å². The van der Waals surface area contributed by atoms with E-state index in [1.54, 1.807) is 12.5 Å². The molecule has 1 N–H and O–H groups in total. The van der Waals surface area contributed by atoms with E-state index < -0.39 is 0 Å². The molecule has 0 spiro atoms. The Balaban J connectivity index is 1.41. The molecule has 4 heteroatoms. The highest BCUT2D eigenvalue weighted by atomic mass is 15.1. The van der Waals surface area contributed by atoms with Gasteiger partial charge in [0.05, 0.1) is 5.69 Å². The van der Waals surface area contributed by atoms with Crippen molar-refractivity contribution in [1.82, 2.24) is 20.2 Å². The maximum absolute atomic E-state index is 4.25. The summed E-state index contributed by atoms with van der Waals surface area (Å²) < 4.78 is 0. The summed E-state index contributed by atoms with van der Waals surface area (Å²) in [6.45, 7) is 4.23. The molecule has 0 unspecified atom stereocenters. The minimum absolute atomic E-state index is 0.604. The number of benzene rings is 1. The lowest BCUT2D eigenvalue weighted by atomic mass is 10.0. The number of piperidine rings is 1. The number of rotatable bonds is 5. The molecule has 0 bridgehead atoms. The molecule has 1 saturated heterocycles. The van der Waals surface area contributed by atoms with Crippen molar-refractivity contribution < 1.29 is 0 Å². The molecule has 2 aromatic rings. The molecular formula is C17H22N4. The number of aromatic nitrogens is 2. The van der Waals surface area contributed by atoms with Gasteiger partial charge in [-0.3, -0.25) is 4.90 Å². The van der Waals surface area contributed by atoms with Gasteiger partial charge in [-0.25, -0.2) is 9.97 Å². The first kappa shape index (κ1) is 14.2. The Morgan fingerprint density at radius 2 is 1.90 bits per heavy atom. The second kappa shape index (κ2) is 7.29. The van der Waals surface area contributed by atoms with Gasteiger partial charge >= 0.3 is 0 Å². The van der Waals surface area contributed by atoms with Crippen molar-refractivity contribution in [2.24, 2.45) is 0 Å². The van der Waals surface area contributed by atoms with Gasteiger partial charge in [-0.2, -0.15) is 0 Å². The molecule has 1 aliphatic heterocycles. The fraction of sp³-hybridized carbons (Fsp3) is 0.412. The molecular weight excluding hydrogens is 260 g/mol. The number of hydrogen-bond donors (Lipinski definition) is 1. The van der Waals surface area contributed by atoms with Gasteiger partial charge in [0.2, 0.25) is 0 Å². The smallest absolute Gasteiger partial charge is 0.115 e. The Kier molecular flexibility index (Phi) is 4.92. The largest absolute Gasteiger partial charge is 0.308 e. The van der Waals surface area contributed by atoms with E-state index in [2.05, 4.69) is 50.5 Å². The molecule has 0 radical (unpaired) electrons. The molecule has 0 aliphatic carbocycles. The zero-order valence-corrected chi connectivity index (χ0v) is 12.3. The molecule has 1 aromatic heterocycles. The summed E-state index contributed by atoms with van der Waals surface area (Å²) in [5.41, 5.74) is 2.47. The van der Waals surface area contributed by atoms with Crippen molar-refractivity contribution in [2.45, 2.75) is 32.0 Å². The van der Waals surface area contributed by atoms with Gasteiger partial charge < -0.3 is 5.32 Å². The van der Waals surface area contributed by atoms with Crippen LogP contribution in [0.1, 0.15) is 24.1 Å². The van der Waals surface area contributed by atoms with Gasteiger partial charge in [-0.1, -0.05) is 30.3 Å². The SMILES string of the molecule is c1ccc(CN2CCC(NCc3ccncn3)CC2)cc1. The third-order valence-electron chi connectivity index (χ3n) is 4.05. The molecule has 0 saturated carbocycles. The Hall–Kier alpha value is -1.78. The highest BCUT2D eigenvalue weighted by Gasteiger charge is 2.18. The third kappa shape index (κ3) is 4.34. The number of hydrogen-bond acceptors (Lipinski definition) is 4. The van der Waals surface area contributed by atoms with Crippen molar-refractivity contribution in [3.05, 3.63) is 60.2 Å². The first-order valence-electron chi connectivity index (χ1n) is 7.65. The molecule has 3 rings (SSSR count). The normalized spacial score (nSPS) is 17.0. The van der Waals surface area contributed by atoms with Gasteiger partial charge in [0.1, 0.15) is 6.33 Å². The Morgan fingerprint density at radius 1 is 1.10 bits per heavy atom. The molecule has 0 atom stereocenters. The number of nitrogens with zero attached hydrogens (tertiary/aromatic N) is 3. The van der Waals surface area contributed by atoms with Gasteiger partial charge in [0.25, 0.3) is 0 Å². The van der Waals surface area contributed by atoms with Crippen molar-refractivity contribution in [2.75, 3.05) is 13.1 Å². The molecule has 4 nitrogen and oxygen atoms in total. The van der Waals surface area contributed by atoms with E-state index in [0.29, 0.717) is 6.04 Å². The predicted octanol–water partition coefficient (Wildman–Crippen LogP) is 2.23. The maximum atomic E-state index is 4.25. The first-order valence-corrected chi connectivity index (χ1v) is 7.65. The monoisotopic (exact) mass is 282 g/mol. The minimum atomic E-state index is 0.604. The van der Waals surface area contributed by atoms with E-state index >= 15 is 0 Å². The Labute approximate surface area is 126 Å². The lowest BCUT2D eigenvalue weighted by Gasteiger charge is -2.32. The van der Waals surface area contributed by atoms with Crippen molar-refractivity contribution >= 4 is 0 Å². The van der Waals surface area contributed by atoms with Gasteiger partial charge in [0.15, 0.2) is 0 Å². The average molecular weight is 282 g/mol. The van der Waals surface area contributed by atoms with E-state index in [1.807, 2.05) is 6.07 Å². The van der Waals surface area contributed by atoms with E-state index in [-0.39, 0.29) is 0 Å². The van der Waals surface area contributed by atoms with E-state index in [4.69, 9.17) is 0 Å². The minimum Gasteiger partial charge on any atom is -0.308 e. The van der Waals surface area contributed by atoms with Crippen LogP contribution in [0.2, 0.25) is 0 Å². The van der Waals surface area contributed by atoms with Gasteiger partial charge in [0, 0.05) is 25.3 Å². The summed E-state index contributed by atoms with van der Waals surface area (Å²) in [6, 6.07) is 13.3. The molecule has 1 aliphatic rings. The lowest BCUT2D eigenvalue weighted by Crippen LogP contribution is -2.41. The molecule has 1 fully saturated rings. The molecule has 21 heavy (non-hydrogen) atoms. The van der Waals surface area contributed by atoms with Crippen LogP contribution in [0, 0.1) is 0 Å². The summed E-state index contributed by atoms with van der Waals surface area (Å²) in [4.78, 5) is 10.7. The highest BCUT2D eigenvalue weighted by molar-refractivity contribution is 5.14. The van der Waals surface area contributed by atoms with E-state index in [1.165, 1.54) is 18.4 Å². The third-order valence-corrected chi connectivity index (χ3v) is 4.05. The van der Waals surface area contributed by atoms with Crippen LogP contribution in [0.4, 0.5) is 0 Å². The van der Waals surface area contributed by atoms with Crippen LogP contribution in [-0.2, 0) is 13.1 Å². The number of likely N-dealkylation sites (tertiary alicyclic amines) is 1. The molecule has 1 aromatic carbocycles.